The van der Waals surface area contributed by atoms with Crippen molar-refractivity contribution in [3.8, 4) is 0 Å². The maximum absolute atomic E-state index is 11.4. The molecule has 1 aliphatic heterocycles. The summed E-state index contributed by atoms with van der Waals surface area (Å²) >= 11 is 0. The van der Waals surface area contributed by atoms with E-state index in [0.29, 0.717) is 32.8 Å². The van der Waals surface area contributed by atoms with Crippen LogP contribution in [0.5, 0.6) is 0 Å². The fourth-order valence-electron chi connectivity index (χ4n) is 1.56. The highest BCUT2D eigenvalue weighted by Gasteiger charge is 2.29. The SMILES string of the molecule is CCOC(=O)/C(C=N)=C/NCCC1(C)OCCO1. The van der Waals surface area contributed by atoms with Crippen molar-refractivity contribution in [2.45, 2.75) is 26.1 Å². The van der Waals surface area contributed by atoms with E-state index in [2.05, 4.69) is 5.32 Å². The van der Waals surface area contributed by atoms with E-state index in [1.807, 2.05) is 6.92 Å². The lowest BCUT2D eigenvalue weighted by molar-refractivity contribution is -0.145. The van der Waals surface area contributed by atoms with Crippen LogP contribution in [0.15, 0.2) is 11.8 Å². The first-order valence-corrected chi connectivity index (χ1v) is 6.00. The van der Waals surface area contributed by atoms with E-state index in [1.165, 1.54) is 6.20 Å². The molecule has 6 heteroatoms. The molecule has 1 rings (SSSR count). The molecule has 0 aromatic heterocycles. The summed E-state index contributed by atoms with van der Waals surface area (Å²) in [6.07, 6.45) is 3.11. The monoisotopic (exact) mass is 256 g/mol. The zero-order chi connectivity index (χ0) is 13.4. The van der Waals surface area contributed by atoms with Gasteiger partial charge in [-0.1, -0.05) is 0 Å². The molecule has 1 aliphatic rings. The Morgan fingerprint density at radius 2 is 2.17 bits per heavy atom. The lowest BCUT2D eigenvalue weighted by Crippen LogP contribution is -2.30. The van der Waals surface area contributed by atoms with E-state index in [-0.39, 0.29) is 5.57 Å². The quantitative estimate of drug-likeness (QED) is 0.305. The third-order valence-corrected chi connectivity index (χ3v) is 2.55. The summed E-state index contributed by atoms with van der Waals surface area (Å²) in [5, 5.41) is 10.1. The van der Waals surface area contributed by atoms with Crippen molar-refractivity contribution in [1.29, 1.82) is 5.41 Å². The number of esters is 1. The molecule has 1 heterocycles. The van der Waals surface area contributed by atoms with Gasteiger partial charge in [0.1, 0.15) is 0 Å². The molecule has 1 fully saturated rings. The molecule has 0 aliphatic carbocycles. The number of hydrogen-bond acceptors (Lipinski definition) is 6. The Morgan fingerprint density at radius 3 is 2.72 bits per heavy atom. The van der Waals surface area contributed by atoms with Gasteiger partial charge in [0.15, 0.2) is 5.79 Å². The van der Waals surface area contributed by atoms with Crippen LogP contribution < -0.4 is 5.32 Å². The first-order valence-electron chi connectivity index (χ1n) is 6.00. The van der Waals surface area contributed by atoms with Gasteiger partial charge in [0, 0.05) is 25.4 Å². The molecule has 6 nitrogen and oxygen atoms in total. The van der Waals surface area contributed by atoms with E-state index < -0.39 is 11.8 Å². The second-order valence-corrected chi connectivity index (χ2v) is 4.00. The summed E-state index contributed by atoms with van der Waals surface area (Å²) in [5.41, 5.74) is 0.190. The number of hydrogen-bond donors (Lipinski definition) is 2. The van der Waals surface area contributed by atoms with Crippen molar-refractivity contribution in [3.63, 3.8) is 0 Å². The Kier molecular flexibility index (Phi) is 5.80. The van der Waals surface area contributed by atoms with Gasteiger partial charge in [0.2, 0.25) is 0 Å². The lowest BCUT2D eigenvalue weighted by atomic mass is 10.2. The summed E-state index contributed by atoms with van der Waals surface area (Å²) in [5.74, 6) is -1.05. The zero-order valence-electron chi connectivity index (χ0n) is 10.8. The number of nitrogens with one attached hydrogen (secondary N) is 2. The summed E-state index contributed by atoms with van der Waals surface area (Å²) in [6, 6.07) is 0. The van der Waals surface area contributed by atoms with Crippen LogP contribution in [0.4, 0.5) is 0 Å². The van der Waals surface area contributed by atoms with Crippen molar-refractivity contribution < 1.29 is 19.0 Å². The van der Waals surface area contributed by atoms with E-state index in [9.17, 15) is 4.79 Å². The lowest BCUT2D eigenvalue weighted by Gasteiger charge is -2.21. The average Bonchev–Trinajstić information content (AvgIpc) is 2.77. The minimum absolute atomic E-state index is 0.190. The van der Waals surface area contributed by atoms with Crippen LogP contribution in [0.1, 0.15) is 20.3 Å². The molecule has 0 atom stereocenters. The van der Waals surface area contributed by atoms with Crippen molar-refractivity contribution in [3.05, 3.63) is 11.8 Å². The third kappa shape index (κ3) is 4.46. The van der Waals surface area contributed by atoms with Gasteiger partial charge in [0.25, 0.3) is 0 Å². The van der Waals surface area contributed by atoms with Crippen molar-refractivity contribution in [1.82, 2.24) is 5.32 Å². The third-order valence-electron chi connectivity index (χ3n) is 2.55. The second kappa shape index (κ2) is 7.13. The molecule has 0 aromatic carbocycles. The standard InChI is InChI=1S/C12H20N2O4/c1-3-16-11(15)10(8-13)9-14-5-4-12(2)17-6-7-18-12/h8-9,13-14H,3-7H2,1-2H3/b10-9+,13-8?. The van der Waals surface area contributed by atoms with Gasteiger partial charge >= 0.3 is 5.97 Å². The van der Waals surface area contributed by atoms with E-state index in [4.69, 9.17) is 19.6 Å². The van der Waals surface area contributed by atoms with Gasteiger partial charge in [-0.3, -0.25) is 0 Å². The largest absolute Gasteiger partial charge is 0.462 e. The molecule has 0 saturated carbocycles. The highest BCUT2D eigenvalue weighted by Crippen LogP contribution is 2.21. The van der Waals surface area contributed by atoms with Gasteiger partial charge in [0.05, 0.1) is 25.4 Å². The number of rotatable bonds is 7. The predicted molar refractivity (Wildman–Crippen MR) is 66.4 cm³/mol. The molecule has 0 bridgehead atoms. The van der Waals surface area contributed by atoms with Crippen LogP contribution in [0.25, 0.3) is 0 Å². The van der Waals surface area contributed by atoms with E-state index >= 15 is 0 Å². The molecule has 0 amide bonds. The van der Waals surface area contributed by atoms with Crippen LogP contribution in [-0.2, 0) is 19.0 Å². The van der Waals surface area contributed by atoms with Crippen LogP contribution in [0, 0.1) is 5.41 Å². The average molecular weight is 256 g/mol. The normalized spacial score (nSPS) is 18.4. The summed E-state index contributed by atoms with van der Waals surface area (Å²) in [6.45, 7) is 5.72. The molecule has 102 valence electrons. The predicted octanol–water partition coefficient (Wildman–Crippen LogP) is 0.826. The first-order chi connectivity index (χ1) is 8.61. The minimum atomic E-state index is -0.546. The molecule has 0 unspecified atom stereocenters. The van der Waals surface area contributed by atoms with Gasteiger partial charge in [-0.25, -0.2) is 4.79 Å². The molecule has 1 saturated heterocycles. The van der Waals surface area contributed by atoms with E-state index in [1.54, 1.807) is 6.92 Å². The Balaban J connectivity index is 2.33. The minimum Gasteiger partial charge on any atom is -0.462 e. The van der Waals surface area contributed by atoms with Crippen molar-refractivity contribution in [2.24, 2.45) is 0 Å². The second-order valence-electron chi connectivity index (χ2n) is 4.00. The molecular weight excluding hydrogens is 236 g/mol. The maximum atomic E-state index is 11.4. The Bertz CT molecular complexity index is 322. The van der Waals surface area contributed by atoms with Crippen LogP contribution in [0.2, 0.25) is 0 Å². The summed E-state index contributed by atoms with van der Waals surface area (Å²) in [4.78, 5) is 11.4. The van der Waals surface area contributed by atoms with Gasteiger partial charge in [-0.05, 0) is 13.8 Å². The molecular formula is C12H20N2O4. The van der Waals surface area contributed by atoms with E-state index in [0.717, 1.165) is 6.21 Å². The highest BCUT2D eigenvalue weighted by molar-refractivity contribution is 6.08. The number of carbonyl (C=O) groups excluding carboxylic acids is 1. The van der Waals surface area contributed by atoms with Crippen LogP contribution in [0.3, 0.4) is 0 Å². The van der Waals surface area contributed by atoms with Crippen molar-refractivity contribution >= 4 is 12.2 Å². The van der Waals surface area contributed by atoms with Gasteiger partial charge in [-0.15, -0.1) is 0 Å². The van der Waals surface area contributed by atoms with Crippen LogP contribution >= 0.6 is 0 Å². The molecule has 18 heavy (non-hydrogen) atoms. The summed E-state index contributed by atoms with van der Waals surface area (Å²) in [7, 11) is 0. The first kappa shape index (κ1) is 14.7. The van der Waals surface area contributed by atoms with Crippen LogP contribution in [-0.4, -0.2) is 44.3 Å². The molecule has 2 N–H and O–H groups in total. The topological polar surface area (TPSA) is 80.6 Å². The van der Waals surface area contributed by atoms with Crippen molar-refractivity contribution in [2.75, 3.05) is 26.4 Å². The molecule has 0 spiro atoms. The fourth-order valence-corrected chi connectivity index (χ4v) is 1.56. The Morgan fingerprint density at radius 1 is 1.50 bits per heavy atom. The Labute approximate surface area is 107 Å². The summed E-state index contributed by atoms with van der Waals surface area (Å²) < 4.78 is 15.7. The highest BCUT2D eigenvalue weighted by atomic mass is 16.7. The molecule has 0 radical (unpaired) electrons. The van der Waals surface area contributed by atoms with Gasteiger partial charge < -0.3 is 24.9 Å². The van der Waals surface area contributed by atoms with Gasteiger partial charge in [-0.2, -0.15) is 0 Å². The maximum Gasteiger partial charge on any atom is 0.341 e. The smallest absolute Gasteiger partial charge is 0.341 e. The number of carbonyl (C=O) groups is 1. The fraction of sp³-hybridized carbons (Fsp3) is 0.667. The Hall–Kier alpha value is -1.40. The number of ether oxygens (including phenoxy) is 3. The zero-order valence-corrected chi connectivity index (χ0v) is 10.8. The molecule has 0 aromatic rings.